The molecule has 2 N–H and O–H groups in total. The molecule has 1 atom stereocenters. The fourth-order valence-corrected chi connectivity index (χ4v) is 3.95. The summed E-state index contributed by atoms with van der Waals surface area (Å²) in [6.07, 6.45) is -0.0995. The Morgan fingerprint density at radius 3 is 2.00 bits per heavy atom. The topological polar surface area (TPSA) is 78.9 Å². The summed E-state index contributed by atoms with van der Waals surface area (Å²) < 4.78 is 5.65. The van der Waals surface area contributed by atoms with Crippen molar-refractivity contribution < 1.29 is 19.4 Å². The van der Waals surface area contributed by atoms with Crippen LogP contribution in [0.2, 0.25) is 0 Å². The molecule has 6 heteroatoms. The van der Waals surface area contributed by atoms with Crippen LogP contribution in [0.3, 0.4) is 0 Å². The van der Waals surface area contributed by atoms with Gasteiger partial charge < -0.3 is 15.2 Å². The van der Waals surface area contributed by atoms with Crippen LogP contribution in [0.5, 0.6) is 5.75 Å². The average molecular weight is 431 g/mol. The number of benzene rings is 3. The molecule has 3 amide bonds. The number of ether oxygens (including phenoxy) is 1. The first-order valence-electron chi connectivity index (χ1n) is 10.7. The highest BCUT2D eigenvalue weighted by Gasteiger charge is 2.53. The Balaban J connectivity index is 1.52. The number of carbonyl (C=O) groups excluding carboxylic acids is 2. The fourth-order valence-electron chi connectivity index (χ4n) is 3.95. The van der Waals surface area contributed by atoms with Gasteiger partial charge in [-0.05, 0) is 35.2 Å². The minimum atomic E-state index is -1.34. The zero-order valence-electron chi connectivity index (χ0n) is 17.9. The number of nitrogens with one attached hydrogen (secondary N) is 1. The van der Waals surface area contributed by atoms with Gasteiger partial charge in [-0.15, -0.1) is 0 Å². The van der Waals surface area contributed by atoms with Gasteiger partial charge in [0.25, 0.3) is 5.91 Å². The van der Waals surface area contributed by atoms with Crippen LogP contribution in [0.25, 0.3) is 0 Å². The highest BCUT2D eigenvalue weighted by atomic mass is 16.5. The van der Waals surface area contributed by atoms with Crippen molar-refractivity contribution in [2.24, 2.45) is 0 Å². The molecule has 1 saturated heterocycles. The van der Waals surface area contributed by atoms with Crippen LogP contribution in [-0.4, -0.2) is 41.2 Å². The van der Waals surface area contributed by atoms with E-state index in [1.54, 1.807) is 0 Å². The summed E-state index contributed by atoms with van der Waals surface area (Å²) in [7, 11) is 0. The van der Waals surface area contributed by atoms with Crippen LogP contribution in [0.15, 0.2) is 84.9 Å². The van der Waals surface area contributed by atoms with Crippen molar-refractivity contribution in [2.45, 2.75) is 25.0 Å². The Morgan fingerprint density at radius 1 is 0.906 bits per heavy atom. The van der Waals surface area contributed by atoms with Crippen LogP contribution >= 0.6 is 0 Å². The summed E-state index contributed by atoms with van der Waals surface area (Å²) in [4.78, 5) is 27.5. The quantitative estimate of drug-likeness (QED) is 0.537. The van der Waals surface area contributed by atoms with E-state index in [9.17, 15) is 14.7 Å². The number of urea groups is 1. The molecule has 32 heavy (non-hydrogen) atoms. The monoisotopic (exact) mass is 430 g/mol. The van der Waals surface area contributed by atoms with E-state index in [2.05, 4.69) is 12.2 Å². The predicted octanol–water partition coefficient (Wildman–Crippen LogP) is 3.48. The van der Waals surface area contributed by atoms with E-state index in [-0.39, 0.29) is 13.2 Å². The molecule has 3 aromatic carbocycles. The van der Waals surface area contributed by atoms with Gasteiger partial charge in [0.05, 0.1) is 6.54 Å². The Hall–Kier alpha value is -3.64. The Kier molecular flexibility index (Phi) is 6.23. The molecule has 164 valence electrons. The summed E-state index contributed by atoms with van der Waals surface area (Å²) in [6, 6.07) is 25.3. The minimum Gasteiger partial charge on any atom is -0.491 e. The van der Waals surface area contributed by atoms with Gasteiger partial charge in [-0.25, -0.2) is 4.79 Å². The average Bonchev–Trinajstić information content (AvgIpc) is 3.10. The molecule has 0 unspecified atom stereocenters. The Bertz CT molecular complexity index is 1030. The lowest BCUT2D eigenvalue weighted by Crippen LogP contribution is -2.46. The van der Waals surface area contributed by atoms with Crippen LogP contribution in [-0.2, 0) is 16.8 Å². The van der Waals surface area contributed by atoms with Gasteiger partial charge in [-0.2, -0.15) is 0 Å². The third kappa shape index (κ3) is 4.09. The lowest BCUT2D eigenvalue weighted by atomic mass is 9.82. The number of rotatable bonds is 8. The van der Waals surface area contributed by atoms with Crippen molar-refractivity contribution in [3.05, 3.63) is 102 Å². The molecule has 0 bridgehead atoms. The number of amides is 3. The number of imide groups is 1. The summed E-state index contributed by atoms with van der Waals surface area (Å²) in [6.45, 7) is 1.87. The zero-order valence-corrected chi connectivity index (χ0v) is 17.9. The number of hydrogen-bond acceptors (Lipinski definition) is 4. The van der Waals surface area contributed by atoms with Gasteiger partial charge in [0, 0.05) is 0 Å². The third-order valence-electron chi connectivity index (χ3n) is 5.69. The number of aryl methyl sites for hydroxylation is 1. The van der Waals surface area contributed by atoms with Crippen LogP contribution in [0, 0.1) is 0 Å². The lowest BCUT2D eigenvalue weighted by Gasteiger charge is -2.28. The molecule has 0 spiro atoms. The second-order valence-corrected chi connectivity index (χ2v) is 7.79. The van der Waals surface area contributed by atoms with E-state index in [0.29, 0.717) is 16.9 Å². The predicted molar refractivity (Wildman–Crippen MR) is 121 cm³/mol. The van der Waals surface area contributed by atoms with Crippen molar-refractivity contribution in [2.75, 3.05) is 13.2 Å². The number of hydrogen-bond donors (Lipinski definition) is 2. The molecule has 0 aromatic heterocycles. The van der Waals surface area contributed by atoms with Gasteiger partial charge >= 0.3 is 6.03 Å². The van der Waals surface area contributed by atoms with Crippen molar-refractivity contribution >= 4 is 11.9 Å². The first-order chi connectivity index (χ1) is 15.5. The molecule has 6 nitrogen and oxygen atoms in total. The summed E-state index contributed by atoms with van der Waals surface area (Å²) in [5.41, 5.74) is 1.17. The summed E-state index contributed by atoms with van der Waals surface area (Å²) in [5, 5.41) is 13.4. The standard InChI is InChI=1S/C26H26N2O4/c1-2-19-13-15-23(16-14-19)32-18-22(29)17-28-24(30)26(27-25(28)31,20-9-5-3-6-10-20)21-11-7-4-8-12-21/h3-16,22,29H,2,17-18H2,1H3,(H,27,31)/t22-/m0/s1. The first-order valence-corrected chi connectivity index (χ1v) is 10.7. The largest absolute Gasteiger partial charge is 0.491 e. The van der Waals surface area contributed by atoms with Gasteiger partial charge in [0.1, 0.15) is 18.5 Å². The number of nitrogens with zero attached hydrogens (tertiary/aromatic N) is 1. The lowest BCUT2D eigenvalue weighted by molar-refractivity contribution is -0.131. The van der Waals surface area contributed by atoms with Gasteiger partial charge in [0.15, 0.2) is 5.54 Å². The highest BCUT2D eigenvalue weighted by molar-refractivity contribution is 6.09. The van der Waals surface area contributed by atoms with Gasteiger partial charge in [-0.1, -0.05) is 79.7 Å². The van der Waals surface area contributed by atoms with E-state index in [1.165, 1.54) is 5.56 Å². The van der Waals surface area contributed by atoms with E-state index in [4.69, 9.17) is 4.74 Å². The smallest absolute Gasteiger partial charge is 0.325 e. The molecule has 0 aliphatic carbocycles. The highest BCUT2D eigenvalue weighted by Crippen LogP contribution is 2.36. The van der Waals surface area contributed by atoms with E-state index in [0.717, 1.165) is 11.3 Å². The maximum atomic E-state index is 13.6. The van der Waals surface area contributed by atoms with Crippen molar-refractivity contribution in [3.63, 3.8) is 0 Å². The van der Waals surface area contributed by atoms with Crippen LogP contribution < -0.4 is 10.1 Å². The fraction of sp³-hybridized carbons (Fsp3) is 0.231. The first kappa shape index (κ1) is 21.6. The molecule has 4 rings (SSSR count). The SMILES string of the molecule is CCc1ccc(OC[C@@H](O)CN2C(=O)NC(c3ccccc3)(c3ccccc3)C2=O)cc1. The number of aliphatic hydroxyl groups is 1. The second-order valence-electron chi connectivity index (χ2n) is 7.79. The number of aliphatic hydroxyl groups excluding tert-OH is 1. The normalized spacial score (nSPS) is 16.0. The molecular formula is C26H26N2O4. The number of carbonyl (C=O) groups is 2. The zero-order chi connectivity index (χ0) is 22.6. The van der Waals surface area contributed by atoms with E-state index in [1.807, 2.05) is 84.9 Å². The van der Waals surface area contributed by atoms with Crippen LogP contribution in [0.4, 0.5) is 4.79 Å². The molecule has 0 radical (unpaired) electrons. The van der Waals surface area contributed by atoms with Gasteiger partial charge in [-0.3, -0.25) is 9.69 Å². The summed E-state index contributed by atoms with van der Waals surface area (Å²) >= 11 is 0. The molecule has 0 saturated carbocycles. The van der Waals surface area contributed by atoms with E-state index < -0.39 is 23.6 Å². The van der Waals surface area contributed by atoms with Crippen LogP contribution in [0.1, 0.15) is 23.6 Å². The molecule has 1 aliphatic heterocycles. The van der Waals surface area contributed by atoms with Gasteiger partial charge in [0.2, 0.25) is 0 Å². The third-order valence-corrected chi connectivity index (χ3v) is 5.69. The molecule has 1 fully saturated rings. The summed E-state index contributed by atoms with van der Waals surface area (Å²) in [5.74, 6) is 0.201. The van der Waals surface area contributed by atoms with Crippen molar-refractivity contribution in [1.82, 2.24) is 10.2 Å². The number of β-amino-alcohol motifs (C(OH)–C–C–N with tert-alkyl or cyclic N) is 1. The van der Waals surface area contributed by atoms with E-state index >= 15 is 0 Å². The molecule has 3 aromatic rings. The maximum absolute atomic E-state index is 13.6. The van der Waals surface area contributed by atoms with Crippen molar-refractivity contribution in [3.8, 4) is 5.75 Å². The Labute approximate surface area is 187 Å². The van der Waals surface area contributed by atoms with Crippen molar-refractivity contribution in [1.29, 1.82) is 0 Å². The minimum absolute atomic E-state index is 0.0355. The maximum Gasteiger partial charge on any atom is 0.325 e. The Morgan fingerprint density at radius 2 is 1.47 bits per heavy atom. The molecular weight excluding hydrogens is 404 g/mol. The molecule has 1 heterocycles. The molecule has 1 aliphatic rings. The second kappa shape index (κ2) is 9.24.